The van der Waals surface area contributed by atoms with Crippen molar-refractivity contribution < 1.29 is 51.0 Å². The van der Waals surface area contributed by atoms with Gasteiger partial charge in [0.15, 0.2) is 0 Å². The van der Waals surface area contributed by atoms with Gasteiger partial charge in [0.25, 0.3) is 0 Å². The minimum Gasteiger partial charge on any atom is -1.00 e. The van der Waals surface area contributed by atoms with E-state index in [1.807, 2.05) is 6.21 Å². The molecule has 1 nitrogen and oxygen atoms in total. The number of allylic oxidation sites excluding steroid dienone is 4. The molecule has 0 atom stereocenters. The molecule has 167 valence electrons. The maximum Gasteiger partial charge on any atom is 3.00 e. The number of benzene rings is 2. The second-order valence-corrected chi connectivity index (χ2v) is 13.3. The van der Waals surface area contributed by atoms with Gasteiger partial charge in [-0.25, -0.2) is 0 Å². The van der Waals surface area contributed by atoms with Crippen LogP contribution in [0.5, 0.6) is 0 Å². The molecule has 1 aliphatic carbocycles. The first-order chi connectivity index (χ1) is 14.4. The molecule has 7 rings (SSSR count). The Morgan fingerprint density at radius 1 is 0.939 bits per heavy atom. The average molecular weight is 569 g/mol. The molecule has 0 aromatic heterocycles. The number of rotatable bonds is 2. The van der Waals surface area contributed by atoms with E-state index >= 15 is 0 Å². The van der Waals surface area contributed by atoms with Crippen LogP contribution in [0.1, 0.15) is 25.0 Å². The zero-order valence-electron chi connectivity index (χ0n) is 19.8. The van der Waals surface area contributed by atoms with E-state index in [0.29, 0.717) is 0 Å². The first-order valence-corrected chi connectivity index (χ1v) is 13.9. The summed E-state index contributed by atoms with van der Waals surface area (Å²) in [6.45, 7) is 11.4. The van der Waals surface area contributed by atoms with Crippen LogP contribution in [0.4, 0.5) is 0 Å². The fraction of sp³-hybridized carbons (Fsp3) is 0.214. The molecule has 0 amide bonds. The van der Waals surface area contributed by atoms with Crippen LogP contribution < -0.4 is 24.8 Å². The molecular weight excluding hydrogens is 541 g/mol. The standard InChI is InChI=1S/C18H17.C10H11NSi.2ClH.Zr/c1-3-14-7-9-15(10-8-14)17-6-4-5-16-11-13(2)12-18(16)17;1-6-9-7-4-5-11-8(7)10(6)12(9,2)3;;;/h4-12H,3H2,1-2H3;4-5H,1-3H3;2*1H;/q-1;;;;+3/p-2. The van der Waals surface area contributed by atoms with Crippen molar-refractivity contribution in [3.05, 3.63) is 99.0 Å². The fourth-order valence-electron chi connectivity index (χ4n) is 5.43. The number of aryl methyl sites for hydroxylation is 2. The third kappa shape index (κ3) is 4.50. The average Bonchev–Trinajstić information content (AvgIpc) is 3.44. The summed E-state index contributed by atoms with van der Waals surface area (Å²) in [5, 5.41) is 5.96. The van der Waals surface area contributed by atoms with Crippen LogP contribution >= 0.6 is 0 Å². The van der Waals surface area contributed by atoms with Gasteiger partial charge in [0.2, 0.25) is 0 Å². The molecule has 3 aromatic rings. The summed E-state index contributed by atoms with van der Waals surface area (Å²) in [7, 11) is -1.13. The van der Waals surface area contributed by atoms with Crippen LogP contribution in [-0.2, 0) is 32.6 Å². The summed E-state index contributed by atoms with van der Waals surface area (Å²) in [6, 6.07) is 20.0. The van der Waals surface area contributed by atoms with Crippen LogP contribution in [0.2, 0.25) is 13.1 Å². The number of fused-ring (bicyclic) bond motifs is 1. The topological polar surface area (TPSA) is 12.4 Å². The number of aliphatic imine (C=N–C) groups is 1. The maximum atomic E-state index is 4.42. The van der Waals surface area contributed by atoms with Gasteiger partial charge in [-0.2, -0.15) is 6.07 Å². The van der Waals surface area contributed by atoms with Crippen LogP contribution in [0, 0.1) is 6.92 Å². The van der Waals surface area contributed by atoms with Gasteiger partial charge in [-0.1, -0.05) is 62.8 Å². The Balaban J connectivity index is 0.000000227. The molecule has 0 saturated carbocycles. The summed E-state index contributed by atoms with van der Waals surface area (Å²) in [5.41, 5.74) is 9.65. The molecule has 2 bridgehead atoms. The molecule has 0 unspecified atom stereocenters. The number of hydrogen-bond donors (Lipinski definition) is 0. The summed E-state index contributed by atoms with van der Waals surface area (Å²) in [6.07, 6.45) is 5.20. The molecule has 33 heavy (non-hydrogen) atoms. The van der Waals surface area contributed by atoms with E-state index in [2.05, 4.69) is 99.5 Å². The molecule has 3 aliphatic heterocycles. The van der Waals surface area contributed by atoms with E-state index in [-0.39, 0.29) is 51.0 Å². The van der Waals surface area contributed by atoms with Gasteiger partial charge in [0.05, 0.1) is 5.70 Å². The first kappa shape index (κ1) is 27.9. The van der Waals surface area contributed by atoms with Crippen molar-refractivity contribution in [1.29, 1.82) is 0 Å². The summed E-state index contributed by atoms with van der Waals surface area (Å²) in [4.78, 5) is 4.42. The Bertz CT molecular complexity index is 1310. The molecule has 5 heteroatoms. The van der Waals surface area contributed by atoms with Crippen molar-refractivity contribution in [2.75, 3.05) is 0 Å². The summed E-state index contributed by atoms with van der Waals surface area (Å²) < 4.78 is 0. The second-order valence-electron chi connectivity index (χ2n) is 9.10. The normalized spacial score (nSPS) is 16.1. The van der Waals surface area contributed by atoms with Crippen molar-refractivity contribution in [2.24, 2.45) is 4.99 Å². The van der Waals surface area contributed by atoms with Crippen LogP contribution in [0.15, 0.2) is 92.9 Å². The van der Waals surface area contributed by atoms with Crippen molar-refractivity contribution >= 4 is 25.1 Å². The quantitative estimate of drug-likeness (QED) is 0.328. The van der Waals surface area contributed by atoms with Gasteiger partial charge < -0.3 is 24.8 Å². The molecule has 3 aromatic carbocycles. The zero-order valence-corrected chi connectivity index (χ0v) is 24.7. The maximum absolute atomic E-state index is 4.42. The Hall–Kier alpha value is -1.38. The molecule has 4 aliphatic rings. The Kier molecular flexibility index (Phi) is 8.85. The van der Waals surface area contributed by atoms with Crippen molar-refractivity contribution in [1.82, 2.24) is 0 Å². The largest absolute Gasteiger partial charge is 3.00 e. The van der Waals surface area contributed by atoms with Crippen molar-refractivity contribution in [3.8, 4) is 11.1 Å². The Morgan fingerprint density at radius 3 is 2.24 bits per heavy atom. The predicted octanol–water partition coefficient (Wildman–Crippen LogP) is 1.48. The van der Waals surface area contributed by atoms with Crippen molar-refractivity contribution in [2.45, 2.75) is 40.3 Å². The minimum absolute atomic E-state index is 0. The summed E-state index contributed by atoms with van der Waals surface area (Å²) in [5.74, 6) is 0. The fourth-order valence-corrected chi connectivity index (χ4v) is 9.28. The van der Waals surface area contributed by atoms with E-state index in [1.165, 1.54) is 49.9 Å². The van der Waals surface area contributed by atoms with Gasteiger partial charge >= 0.3 is 26.2 Å². The van der Waals surface area contributed by atoms with Crippen LogP contribution in [0.3, 0.4) is 0 Å². The summed E-state index contributed by atoms with van der Waals surface area (Å²) >= 11 is 0. The van der Waals surface area contributed by atoms with Gasteiger partial charge in [-0.05, 0) is 46.5 Å². The molecule has 0 saturated heterocycles. The van der Waals surface area contributed by atoms with Crippen LogP contribution in [0.25, 0.3) is 21.9 Å². The Labute approximate surface area is 230 Å². The molecule has 1 radical (unpaired) electrons. The SMILES string of the molecule is CC1=C2C3=CC=NC3=C1[Si]2(C)C.CCc1ccc(-c2cccc3[cH-]c(C)cc23)cc1.[Cl-].[Cl-].[Zr+3]. The molecule has 3 heterocycles. The minimum atomic E-state index is -1.13. The van der Waals surface area contributed by atoms with Gasteiger partial charge in [0.1, 0.15) is 8.07 Å². The van der Waals surface area contributed by atoms with E-state index in [9.17, 15) is 0 Å². The van der Waals surface area contributed by atoms with E-state index < -0.39 is 8.07 Å². The van der Waals surface area contributed by atoms with Gasteiger partial charge in [-0.15, -0.1) is 34.5 Å². The van der Waals surface area contributed by atoms with E-state index in [1.54, 1.807) is 10.4 Å². The van der Waals surface area contributed by atoms with Gasteiger partial charge in [-0.3, -0.25) is 4.99 Å². The number of halogens is 2. The van der Waals surface area contributed by atoms with Crippen molar-refractivity contribution in [3.63, 3.8) is 0 Å². The van der Waals surface area contributed by atoms with E-state index in [4.69, 9.17) is 0 Å². The van der Waals surface area contributed by atoms with E-state index in [0.717, 1.165) is 6.42 Å². The zero-order chi connectivity index (χ0) is 21.0. The molecule has 0 N–H and O–H groups in total. The second kappa shape index (κ2) is 10.5. The predicted molar refractivity (Wildman–Crippen MR) is 133 cm³/mol. The third-order valence-corrected chi connectivity index (χ3v) is 10.5. The molecular formula is C28H28Cl2NSiZr. The smallest absolute Gasteiger partial charge is 1.00 e. The van der Waals surface area contributed by atoms with Gasteiger partial charge in [0, 0.05) is 11.8 Å². The van der Waals surface area contributed by atoms with Crippen LogP contribution in [-0.4, -0.2) is 14.3 Å². The first-order valence-electron chi connectivity index (χ1n) is 10.9. The molecule has 0 spiro atoms. The Morgan fingerprint density at radius 2 is 1.64 bits per heavy atom. The molecule has 0 fully saturated rings. The number of hydrogen-bond acceptors (Lipinski definition) is 1. The third-order valence-electron chi connectivity index (χ3n) is 6.77. The number of nitrogens with zero attached hydrogens (tertiary/aromatic N) is 1. The monoisotopic (exact) mass is 566 g/mol.